The number of rotatable bonds is 6. The first-order valence-electron chi connectivity index (χ1n) is 6.73. The second-order valence-corrected chi connectivity index (χ2v) is 4.74. The fourth-order valence-corrected chi connectivity index (χ4v) is 2.19. The summed E-state index contributed by atoms with van der Waals surface area (Å²) >= 11 is 0. The highest BCUT2D eigenvalue weighted by molar-refractivity contribution is 5.51. The van der Waals surface area contributed by atoms with Gasteiger partial charge in [0.2, 0.25) is 0 Å². The Morgan fingerprint density at radius 2 is 1.57 bits per heavy atom. The Hall–Kier alpha value is -2.80. The maximum Gasteiger partial charge on any atom is 0.310 e. The average molecular weight is 319 g/mol. The molecule has 2 rings (SSSR count). The largest absolute Gasteiger partial charge is 0.497 e. The molecular weight excluding hydrogens is 302 g/mol. The summed E-state index contributed by atoms with van der Waals surface area (Å²) in [5.41, 5.74) is 0.839. The molecule has 0 radical (unpaired) electrons. The van der Waals surface area contributed by atoms with Gasteiger partial charge in [0.15, 0.2) is 5.75 Å². The Kier molecular flexibility index (Phi) is 5.02. The minimum Gasteiger partial charge on any atom is -0.497 e. The number of benzene rings is 2. The third-order valence-electron chi connectivity index (χ3n) is 3.41. The van der Waals surface area contributed by atoms with Crippen molar-refractivity contribution < 1.29 is 24.2 Å². The Balaban J connectivity index is 2.44. The first kappa shape index (κ1) is 16.6. The zero-order valence-electron chi connectivity index (χ0n) is 13.0. The normalized spacial score (nSPS) is 11.7. The van der Waals surface area contributed by atoms with Gasteiger partial charge in [0.1, 0.15) is 17.6 Å². The molecule has 0 saturated heterocycles. The third-order valence-corrected chi connectivity index (χ3v) is 3.41. The number of nitro groups is 1. The molecule has 23 heavy (non-hydrogen) atoms. The molecule has 0 bridgehead atoms. The number of nitro benzene ring substituents is 1. The number of aliphatic hydroxyl groups excluding tert-OH is 1. The number of hydrogen-bond acceptors (Lipinski definition) is 6. The molecule has 0 aliphatic rings. The molecule has 0 fully saturated rings. The van der Waals surface area contributed by atoms with E-state index in [1.54, 1.807) is 18.2 Å². The van der Waals surface area contributed by atoms with Crippen molar-refractivity contribution in [1.82, 2.24) is 0 Å². The lowest BCUT2D eigenvalue weighted by molar-refractivity contribution is -0.385. The molecule has 0 aliphatic heterocycles. The molecule has 0 aliphatic carbocycles. The maximum absolute atomic E-state index is 10.9. The molecule has 2 aromatic rings. The summed E-state index contributed by atoms with van der Waals surface area (Å²) in [6.45, 7) is 0. The van der Waals surface area contributed by atoms with Crippen LogP contribution >= 0.6 is 0 Å². The van der Waals surface area contributed by atoms with Gasteiger partial charge in [0.25, 0.3) is 0 Å². The highest BCUT2D eigenvalue weighted by Crippen LogP contribution is 2.34. The molecule has 122 valence electrons. The highest BCUT2D eigenvalue weighted by Gasteiger charge is 2.19. The number of ether oxygens (including phenoxy) is 3. The molecule has 0 saturated carbocycles. The van der Waals surface area contributed by atoms with E-state index in [0.717, 1.165) is 0 Å². The molecule has 7 heteroatoms. The van der Waals surface area contributed by atoms with Crippen molar-refractivity contribution in [2.45, 2.75) is 6.10 Å². The van der Waals surface area contributed by atoms with Crippen LogP contribution in [0.3, 0.4) is 0 Å². The lowest BCUT2D eigenvalue weighted by Gasteiger charge is -2.15. The smallest absolute Gasteiger partial charge is 0.310 e. The molecule has 0 heterocycles. The number of aliphatic hydroxyl groups is 1. The van der Waals surface area contributed by atoms with Crippen LogP contribution in [0.5, 0.6) is 17.2 Å². The molecule has 1 unspecified atom stereocenters. The lowest BCUT2D eigenvalue weighted by Crippen LogP contribution is -2.03. The highest BCUT2D eigenvalue weighted by atomic mass is 16.6. The molecule has 1 atom stereocenters. The lowest BCUT2D eigenvalue weighted by atomic mass is 10.0. The summed E-state index contributed by atoms with van der Waals surface area (Å²) in [4.78, 5) is 10.4. The van der Waals surface area contributed by atoms with Crippen LogP contribution in [0.15, 0.2) is 36.4 Å². The van der Waals surface area contributed by atoms with Crippen LogP contribution in [0, 0.1) is 10.1 Å². The summed E-state index contributed by atoms with van der Waals surface area (Å²) < 4.78 is 15.4. The van der Waals surface area contributed by atoms with Crippen molar-refractivity contribution in [3.05, 3.63) is 57.6 Å². The van der Waals surface area contributed by atoms with E-state index in [0.29, 0.717) is 22.6 Å². The van der Waals surface area contributed by atoms with Gasteiger partial charge in [-0.15, -0.1) is 0 Å². The van der Waals surface area contributed by atoms with Gasteiger partial charge in [0.05, 0.1) is 26.3 Å². The SMILES string of the molecule is COc1cc(OC)cc(C(O)c2ccc([N+](=O)[O-])c(OC)c2)c1. The van der Waals surface area contributed by atoms with Crippen molar-refractivity contribution in [2.75, 3.05) is 21.3 Å². The summed E-state index contributed by atoms with van der Waals surface area (Å²) in [5.74, 6) is 1.15. The van der Waals surface area contributed by atoms with E-state index in [1.807, 2.05) is 0 Å². The van der Waals surface area contributed by atoms with Crippen LogP contribution in [-0.2, 0) is 0 Å². The van der Waals surface area contributed by atoms with Crippen LogP contribution in [0.1, 0.15) is 17.2 Å². The summed E-state index contributed by atoms with van der Waals surface area (Å²) in [5, 5.41) is 21.5. The standard InChI is InChI=1S/C16H17NO6/c1-21-12-6-11(7-13(9-12)22-2)16(18)10-4-5-14(17(19)20)15(8-10)23-3/h4-9,16,18H,1-3H3. The zero-order chi connectivity index (χ0) is 17.0. The van der Waals surface area contributed by atoms with Gasteiger partial charge < -0.3 is 19.3 Å². The predicted octanol–water partition coefficient (Wildman–Crippen LogP) is 2.70. The van der Waals surface area contributed by atoms with E-state index in [2.05, 4.69) is 0 Å². The monoisotopic (exact) mass is 319 g/mol. The van der Waals surface area contributed by atoms with E-state index in [1.165, 1.54) is 39.5 Å². The summed E-state index contributed by atoms with van der Waals surface area (Å²) in [6, 6.07) is 9.25. The molecule has 0 spiro atoms. The van der Waals surface area contributed by atoms with Crippen molar-refractivity contribution in [3.63, 3.8) is 0 Å². The Morgan fingerprint density at radius 3 is 2.04 bits per heavy atom. The van der Waals surface area contributed by atoms with Crippen LogP contribution in [0.25, 0.3) is 0 Å². The molecule has 0 aromatic heterocycles. The van der Waals surface area contributed by atoms with Gasteiger partial charge in [-0.2, -0.15) is 0 Å². The van der Waals surface area contributed by atoms with E-state index >= 15 is 0 Å². The predicted molar refractivity (Wildman–Crippen MR) is 83.3 cm³/mol. The molecule has 0 amide bonds. The summed E-state index contributed by atoms with van der Waals surface area (Å²) in [7, 11) is 4.37. The quantitative estimate of drug-likeness (QED) is 0.650. The number of hydrogen-bond donors (Lipinski definition) is 1. The topological polar surface area (TPSA) is 91.1 Å². The van der Waals surface area contributed by atoms with Crippen LogP contribution in [0.4, 0.5) is 5.69 Å². The maximum atomic E-state index is 10.9. The second kappa shape index (κ2) is 6.97. The van der Waals surface area contributed by atoms with Crippen molar-refractivity contribution in [1.29, 1.82) is 0 Å². The molecular formula is C16H17NO6. The van der Waals surface area contributed by atoms with Crippen molar-refractivity contribution in [2.24, 2.45) is 0 Å². The van der Waals surface area contributed by atoms with Gasteiger partial charge in [0, 0.05) is 12.1 Å². The van der Waals surface area contributed by atoms with Crippen LogP contribution in [0.2, 0.25) is 0 Å². The van der Waals surface area contributed by atoms with Crippen molar-refractivity contribution in [3.8, 4) is 17.2 Å². The zero-order valence-corrected chi connectivity index (χ0v) is 13.0. The Morgan fingerprint density at radius 1 is 0.957 bits per heavy atom. The number of methoxy groups -OCH3 is 3. The second-order valence-electron chi connectivity index (χ2n) is 4.74. The van der Waals surface area contributed by atoms with Crippen LogP contribution < -0.4 is 14.2 Å². The van der Waals surface area contributed by atoms with Gasteiger partial charge in [-0.05, 0) is 35.4 Å². The van der Waals surface area contributed by atoms with E-state index in [-0.39, 0.29) is 11.4 Å². The first-order valence-corrected chi connectivity index (χ1v) is 6.73. The Labute approximate surface area is 133 Å². The fraction of sp³-hybridized carbons (Fsp3) is 0.250. The van der Waals surface area contributed by atoms with E-state index in [4.69, 9.17) is 14.2 Å². The Bertz CT molecular complexity index is 693. The van der Waals surface area contributed by atoms with E-state index < -0.39 is 11.0 Å². The third kappa shape index (κ3) is 3.51. The minimum atomic E-state index is -1.01. The summed E-state index contributed by atoms with van der Waals surface area (Å²) in [6.07, 6.45) is -1.01. The molecule has 7 nitrogen and oxygen atoms in total. The first-order chi connectivity index (χ1) is 11.0. The van der Waals surface area contributed by atoms with E-state index in [9.17, 15) is 15.2 Å². The molecule has 2 aromatic carbocycles. The number of nitrogens with zero attached hydrogens (tertiary/aromatic N) is 1. The van der Waals surface area contributed by atoms with Crippen LogP contribution in [-0.4, -0.2) is 31.4 Å². The van der Waals surface area contributed by atoms with Gasteiger partial charge in [-0.1, -0.05) is 0 Å². The molecule has 1 N–H and O–H groups in total. The average Bonchev–Trinajstić information content (AvgIpc) is 2.59. The minimum absolute atomic E-state index is 0.0846. The van der Waals surface area contributed by atoms with Gasteiger partial charge in [-0.25, -0.2) is 0 Å². The van der Waals surface area contributed by atoms with Gasteiger partial charge in [-0.3, -0.25) is 10.1 Å². The fourth-order valence-electron chi connectivity index (χ4n) is 2.19. The van der Waals surface area contributed by atoms with Gasteiger partial charge >= 0.3 is 5.69 Å². The van der Waals surface area contributed by atoms with Crippen molar-refractivity contribution >= 4 is 5.69 Å².